The average Bonchev–Trinajstić information content (AvgIpc) is 4.03. The Bertz CT molecular complexity index is 3170. The van der Waals surface area contributed by atoms with E-state index >= 15 is 0 Å². The molecule has 4 amide bonds. The van der Waals surface area contributed by atoms with Gasteiger partial charge in [-0.1, -0.05) is 35.3 Å². The minimum absolute atomic E-state index is 0. The number of benzene rings is 3. The molecule has 0 unspecified atom stereocenters. The molecule has 0 radical (unpaired) electrons. The number of hydrogen-bond acceptors (Lipinski definition) is 15. The highest BCUT2D eigenvalue weighted by atomic mass is 35.5. The number of nitrogens with zero attached hydrogens (tertiary/aromatic N) is 6. The number of hydrogen-bond donors (Lipinski definition) is 7. The number of nitrogens with one attached hydrogen (secondary N) is 4. The number of anilines is 4. The van der Waals surface area contributed by atoms with Crippen molar-refractivity contribution in [3.8, 4) is 17.1 Å². The second-order valence-electron chi connectivity index (χ2n) is 16.1. The van der Waals surface area contributed by atoms with Gasteiger partial charge in [-0.25, -0.2) is 19.6 Å². The lowest BCUT2D eigenvalue weighted by Crippen LogP contribution is -2.45. The summed E-state index contributed by atoms with van der Waals surface area (Å²) in [5.74, 6) is 0.360. The zero-order chi connectivity index (χ0) is 54.0. The van der Waals surface area contributed by atoms with E-state index in [1.807, 2.05) is 0 Å². The number of amides is 4. The van der Waals surface area contributed by atoms with Gasteiger partial charge in [-0.2, -0.15) is 0 Å². The van der Waals surface area contributed by atoms with Crippen LogP contribution < -0.4 is 42.9 Å². The number of likely N-dealkylation sites (tertiary alicyclic amines) is 1. The molecule has 4 atom stereocenters. The van der Waals surface area contributed by atoms with Gasteiger partial charge in [0.1, 0.15) is 23.4 Å². The number of pyridine rings is 4. The number of aliphatic hydroxyl groups is 2. The summed E-state index contributed by atoms with van der Waals surface area (Å²) in [6.07, 6.45) is 5.50. The van der Waals surface area contributed by atoms with E-state index < -0.39 is 40.5 Å². The van der Waals surface area contributed by atoms with Crippen LogP contribution in [0.25, 0.3) is 11.4 Å². The van der Waals surface area contributed by atoms with Crippen LogP contribution in [-0.4, -0.2) is 99.8 Å². The Balaban J connectivity index is 0.000000209. The fourth-order valence-electron chi connectivity index (χ4n) is 7.10. The molecule has 3 aromatic carbocycles. The molecule has 0 spiro atoms. The molecule has 22 nitrogen and oxygen atoms in total. The number of β-amino-alcohol motifs (C(OH)–C–C–N with tert-alkyl or cyclic N) is 2. The molecule has 0 saturated carbocycles. The van der Waals surface area contributed by atoms with E-state index in [2.05, 4.69) is 36.0 Å². The Hall–Kier alpha value is -8.22. The van der Waals surface area contributed by atoms with Gasteiger partial charge in [0.15, 0.2) is 0 Å². The van der Waals surface area contributed by atoms with Gasteiger partial charge in [0.05, 0.1) is 33.2 Å². The first-order valence-corrected chi connectivity index (χ1v) is 23.5. The summed E-state index contributed by atoms with van der Waals surface area (Å²) in [5, 5.41) is 41.9. The van der Waals surface area contributed by atoms with Crippen molar-refractivity contribution in [3.05, 3.63) is 199 Å². The summed E-state index contributed by atoms with van der Waals surface area (Å²) >= 11 is 16.2. The first kappa shape index (κ1) is 58.7. The molecule has 76 heavy (non-hydrogen) atoms. The van der Waals surface area contributed by atoms with Crippen molar-refractivity contribution >= 4 is 99.2 Å². The number of nitrogen functional groups attached to an aromatic ring is 1. The largest absolute Gasteiger partial charge is 0.414 e. The lowest BCUT2D eigenvalue weighted by molar-refractivity contribution is -0.384. The molecular weight excluding hydrogens is 1070 g/mol. The van der Waals surface area contributed by atoms with Crippen molar-refractivity contribution in [2.24, 2.45) is 0 Å². The molecular formula is C50H47Cl4N11O11. The molecule has 0 aliphatic carbocycles. The van der Waals surface area contributed by atoms with Crippen LogP contribution in [0.1, 0.15) is 12.8 Å². The van der Waals surface area contributed by atoms with E-state index in [0.717, 1.165) is 5.69 Å². The number of ether oxygens (including phenoxy) is 1. The summed E-state index contributed by atoms with van der Waals surface area (Å²) < 4.78 is 7.46. The number of nitro groups is 1. The molecule has 7 aromatic rings. The Morgan fingerprint density at radius 1 is 0.697 bits per heavy atom. The third-order valence-corrected chi connectivity index (χ3v) is 11.2. The summed E-state index contributed by atoms with van der Waals surface area (Å²) in [5.41, 5.74) is 6.48. The number of rotatable bonds is 9. The van der Waals surface area contributed by atoms with Gasteiger partial charge in [0.25, 0.3) is 16.8 Å². The average molecular weight is 1120 g/mol. The SMILES string of the molecule is Cl.Nc1ccc(Cl)cn1.O=C(Cl)Oc1ccc([N+](=O)[O-])cc1.O=C(Nc1ccc(-n2ccccc2=O)cc1)[C@H]1C[C@@H](O)CN1.O=C(Nc1ccc(-n2ccccc2=O)cc1)[C@H]1C[C@@H](O)CN1C(=O)Nc1ccc(Cl)cn1. The Kier molecular flexibility index (Phi) is 22.0. The van der Waals surface area contributed by atoms with Gasteiger partial charge < -0.3 is 41.5 Å². The van der Waals surface area contributed by atoms with Crippen molar-refractivity contribution < 1.29 is 39.1 Å². The molecule has 9 rings (SSSR count). The highest BCUT2D eigenvalue weighted by molar-refractivity contribution is 6.61. The molecule has 8 N–H and O–H groups in total. The third-order valence-electron chi connectivity index (χ3n) is 10.7. The highest BCUT2D eigenvalue weighted by Gasteiger charge is 2.39. The maximum atomic E-state index is 12.8. The lowest BCUT2D eigenvalue weighted by atomic mass is 10.1. The fraction of sp³-hybridized carbons (Fsp3) is 0.160. The van der Waals surface area contributed by atoms with E-state index in [1.165, 1.54) is 62.8 Å². The number of carbonyl (C=O) groups excluding carboxylic acids is 4. The van der Waals surface area contributed by atoms with Crippen molar-refractivity contribution in [2.75, 3.05) is 34.8 Å². The predicted octanol–water partition coefficient (Wildman–Crippen LogP) is 7.06. The maximum Gasteiger partial charge on any atom is 0.409 e. The quantitative estimate of drug-likeness (QED) is 0.0432. The number of nitro benzene ring substituents is 1. The van der Waals surface area contributed by atoms with E-state index in [4.69, 9.17) is 40.5 Å². The van der Waals surface area contributed by atoms with E-state index in [1.54, 1.807) is 109 Å². The lowest BCUT2D eigenvalue weighted by Gasteiger charge is -2.23. The van der Waals surface area contributed by atoms with Gasteiger partial charge in [0, 0.05) is 103 Å². The van der Waals surface area contributed by atoms with E-state index in [-0.39, 0.29) is 65.7 Å². The summed E-state index contributed by atoms with van der Waals surface area (Å²) in [6.45, 7) is 0.460. The molecule has 26 heteroatoms. The number of urea groups is 1. The van der Waals surface area contributed by atoms with E-state index in [9.17, 15) is 49.1 Å². The Morgan fingerprint density at radius 3 is 1.68 bits per heavy atom. The molecule has 2 saturated heterocycles. The van der Waals surface area contributed by atoms with Crippen molar-refractivity contribution in [1.82, 2.24) is 29.3 Å². The zero-order valence-electron chi connectivity index (χ0n) is 39.5. The Labute approximate surface area is 453 Å². The van der Waals surface area contributed by atoms with Gasteiger partial charge in [-0.15, -0.1) is 12.4 Å². The summed E-state index contributed by atoms with van der Waals surface area (Å²) in [4.78, 5) is 90.1. The van der Waals surface area contributed by atoms with Crippen molar-refractivity contribution in [3.63, 3.8) is 0 Å². The second-order valence-corrected chi connectivity index (χ2v) is 17.3. The molecule has 6 heterocycles. The molecule has 2 aliphatic heterocycles. The molecule has 4 aromatic heterocycles. The number of aliphatic hydroxyl groups excluding tert-OH is 2. The zero-order valence-corrected chi connectivity index (χ0v) is 42.6. The number of aromatic nitrogens is 4. The van der Waals surface area contributed by atoms with Crippen molar-refractivity contribution in [1.29, 1.82) is 0 Å². The first-order chi connectivity index (χ1) is 35.9. The molecule has 2 fully saturated rings. The first-order valence-electron chi connectivity index (χ1n) is 22.4. The molecule has 396 valence electrons. The van der Waals surface area contributed by atoms with Gasteiger partial charge in [0.2, 0.25) is 11.8 Å². The number of carbonyl (C=O) groups is 4. The van der Waals surface area contributed by atoms with E-state index in [0.29, 0.717) is 45.9 Å². The smallest absolute Gasteiger partial charge is 0.409 e. The predicted molar refractivity (Wildman–Crippen MR) is 289 cm³/mol. The van der Waals surface area contributed by atoms with Crippen LogP contribution in [0.15, 0.2) is 168 Å². The van der Waals surface area contributed by atoms with Crippen molar-refractivity contribution in [2.45, 2.75) is 37.1 Å². The number of nitrogens with two attached hydrogens (primary N) is 1. The fourth-order valence-corrected chi connectivity index (χ4v) is 7.41. The minimum Gasteiger partial charge on any atom is -0.414 e. The monoisotopic (exact) mass is 1120 g/mol. The normalized spacial score (nSPS) is 16.0. The minimum atomic E-state index is -0.978. The third kappa shape index (κ3) is 17.7. The van der Waals surface area contributed by atoms with Crippen LogP contribution >= 0.6 is 47.2 Å². The summed E-state index contributed by atoms with van der Waals surface area (Å²) in [6, 6.07) is 33.4. The van der Waals surface area contributed by atoms with Gasteiger partial charge >= 0.3 is 11.5 Å². The van der Waals surface area contributed by atoms with Crippen LogP contribution in [0.2, 0.25) is 10.0 Å². The van der Waals surface area contributed by atoms with Crippen LogP contribution in [0.5, 0.6) is 5.75 Å². The topological polar surface area (TPSA) is 308 Å². The number of halogens is 4. The van der Waals surface area contributed by atoms with Gasteiger partial charge in [-0.05, 0) is 103 Å². The van der Waals surface area contributed by atoms with Gasteiger partial charge in [-0.3, -0.25) is 43.7 Å². The molecule has 2 aliphatic rings. The standard InChI is InChI=1S/C22H20ClN5O4.C16H17N3O3.C7H4ClNO4.C5H5ClN2.ClH/c23-14-4-9-19(24-12-14)26-22(32)28-13-17(29)11-18(28)21(31)25-15-5-7-16(8-6-15)27-10-2-1-3-20(27)30;20-13-9-14(17-10-13)16(22)18-11-4-6-12(7-5-11)19-8-2-1-3-15(19)21;8-7(10)13-6-3-1-5(2-4-6)9(11)12;6-4-1-2-5(7)8-3-4;/h1-10,12,17-18,29H,11,13H2,(H,25,31)(H,24,26,32);1-8,13-14,17,20H,9-10H2,(H,18,22);1-4H;1-3H,(H2,7,8);1H/t17-,18-;13-,14-;;;/m11.../s1. The van der Waals surface area contributed by atoms with Crippen LogP contribution in [0.4, 0.5) is 38.3 Å². The maximum absolute atomic E-state index is 12.8. The second kappa shape index (κ2) is 28.5. The Morgan fingerprint density at radius 2 is 1.24 bits per heavy atom. The number of non-ortho nitro benzene ring substituents is 1. The summed E-state index contributed by atoms with van der Waals surface area (Å²) in [7, 11) is 0. The van der Waals surface area contributed by atoms with Crippen LogP contribution in [0, 0.1) is 10.1 Å². The molecule has 0 bridgehead atoms. The highest BCUT2D eigenvalue weighted by Crippen LogP contribution is 2.23. The van der Waals surface area contributed by atoms with Crippen LogP contribution in [-0.2, 0) is 9.59 Å². The van der Waals surface area contributed by atoms with Crippen LogP contribution in [0.3, 0.4) is 0 Å².